The van der Waals surface area contributed by atoms with E-state index in [0.717, 1.165) is 43.3 Å². The molecule has 5 rings (SSSR count). The highest BCUT2D eigenvalue weighted by atomic mass is 32.2. The molecule has 6 nitrogen and oxygen atoms in total. The quantitative estimate of drug-likeness (QED) is 0.664. The fraction of sp³-hybridized carbons (Fsp3) is 0.520. The SMILES string of the molecule is COc1cccc2c1O[C@@H](c1ccc(OC3CCN(C4CCC4)CC3)cc1)[C@H](C)S2(=O)=O. The summed E-state index contributed by atoms with van der Waals surface area (Å²) in [7, 11) is -2.02. The molecule has 0 bridgehead atoms. The van der Waals surface area contributed by atoms with Crippen molar-refractivity contribution in [3.63, 3.8) is 0 Å². The van der Waals surface area contributed by atoms with Crippen molar-refractivity contribution < 1.29 is 22.6 Å². The van der Waals surface area contributed by atoms with E-state index in [2.05, 4.69) is 4.90 Å². The minimum Gasteiger partial charge on any atom is -0.493 e. The Bertz CT molecular complexity index is 1060. The molecule has 3 aliphatic rings. The number of piperidine rings is 1. The van der Waals surface area contributed by atoms with Gasteiger partial charge in [-0.1, -0.05) is 24.6 Å². The van der Waals surface area contributed by atoms with Crippen LogP contribution in [0.2, 0.25) is 0 Å². The number of likely N-dealkylation sites (tertiary alicyclic amines) is 1. The molecule has 1 saturated heterocycles. The first-order valence-corrected chi connectivity index (χ1v) is 13.1. The molecule has 2 aromatic rings. The van der Waals surface area contributed by atoms with Crippen LogP contribution in [0, 0.1) is 0 Å². The molecule has 0 aromatic heterocycles. The number of fused-ring (bicyclic) bond motifs is 1. The van der Waals surface area contributed by atoms with Gasteiger partial charge in [-0.05, 0) is 62.4 Å². The zero-order valence-corrected chi connectivity index (χ0v) is 19.5. The van der Waals surface area contributed by atoms with Crippen molar-refractivity contribution in [1.82, 2.24) is 4.90 Å². The lowest BCUT2D eigenvalue weighted by Gasteiger charge is -2.41. The maximum absolute atomic E-state index is 13.1. The second-order valence-electron chi connectivity index (χ2n) is 9.08. The van der Waals surface area contributed by atoms with Gasteiger partial charge in [0.15, 0.2) is 21.3 Å². The van der Waals surface area contributed by atoms with Crippen molar-refractivity contribution >= 4 is 9.84 Å². The molecule has 172 valence electrons. The van der Waals surface area contributed by atoms with E-state index in [1.54, 1.807) is 25.1 Å². The van der Waals surface area contributed by atoms with Crippen LogP contribution < -0.4 is 14.2 Å². The van der Waals surface area contributed by atoms with Gasteiger partial charge < -0.3 is 19.1 Å². The molecule has 1 saturated carbocycles. The number of rotatable bonds is 5. The molecule has 2 atom stereocenters. The Balaban J connectivity index is 1.28. The maximum atomic E-state index is 13.1. The summed E-state index contributed by atoms with van der Waals surface area (Å²) in [6, 6.07) is 13.4. The molecule has 0 N–H and O–H groups in total. The Morgan fingerprint density at radius 3 is 2.34 bits per heavy atom. The molecule has 1 aliphatic carbocycles. The van der Waals surface area contributed by atoms with E-state index >= 15 is 0 Å². The van der Waals surface area contributed by atoms with Gasteiger partial charge in [0.25, 0.3) is 0 Å². The monoisotopic (exact) mass is 457 g/mol. The molecule has 32 heavy (non-hydrogen) atoms. The average molecular weight is 458 g/mol. The van der Waals surface area contributed by atoms with Crippen molar-refractivity contribution in [2.75, 3.05) is 20.2 Å². The maximum Gasteiger partial charge on any atom is 0.188 e. The summed E-state index contributed by atoms with van der Waals surface area (Å²) in [5, 5.41) is -0.704. The Hall–Kier alpha value is -2.25. The van der Waals surface area contributed by atoms with Gasteiger partial charge in [-0.3, -0.25) is 0 Å². The van der Waals surface area contributed by atoms with Crippen LogP contribution in [0.5, 0.6) is 17.2 Å². The predicted molar refractivity (Wildman–Crippen MR) is 122 cm³/mol. The highest BCUT2D eigenvalue weighted by Crippen LogP contribution is 2.45. The van der Waals surface area contributed by atoms with Crippen molar-refractivity contribution in [2.45, 2.75) is 67.4 Å². The molecule has 2 aliphatic heterocycles. The normalized spacial score (nSPS) is 25.9. The Labute approximate surface area is 190 Å². The fourth-order valence-corrected chi connectivity index (χ4v) is 6.57. The van der Waals surface area contributed by atoms with Gasteiger partial charge in [0.1, 0.15) is 28.1 Å². The first-order valence-electron chi connectivity index (χ1n) is 11.6. The molecule has 0 spiro atoms. The van der Waals surface area contributed by atoms with Gasteiger partial charge >= 0.3 is 0 Å². The highest BCUT2D eigenvalue weighted by Gasteiger charge is 2.41. The standard InChI is InChI=1S/C25H31NO5S/c1-17-24(31-25-22(29-2)7-4-8-23(25)32(17,27)28)18-9-11-20(12-10-18)30-21-13-15-26(16-14-21)19-5-3-6-19/h4,7-12,17,19,21,24H,3,5-6,13-16H2,1-2H3/t17-,24+/m0/s1. The zero-order chi connectivity index (χ0) is 22.3. The van der Waals surface area contributed by atoms with Crippen LogP contribution in [-0.2, 0) is 9.84 Å². The van der Waals surface area contributed by atoms with E-state index in [9.17, 15) is 8.42 Å². The number of sulfone groups is 1. The molecular formula is C25H31NO5S. The number of hydrogen-bond donors (Lipinski definition) is 0. The average Bonchev–Trinajstić information content (AvgIpc) is 2.77. The third-order valence-electron chi connectivity index (χ3n) is 7.21. The number of benzene rings is 2. The second-order valence-corrected chi connectivity index (χ2v) is 11.4. The van der Waals surface area contributed by atoms with Crippen LogP contribution in [-0.4, -0.2) is 50.9 Å². The van der Waals surface area contributed by atoms with E-state index in [0.29, 0.717) is 5.75 Å². The number of ether oxygens (including phenoxy) is 3. The summed E-state index contributed by atoms with van der Waals surface area (Å²) >= 11 is 0. The lowest BCUT2D eigenvalue weighted by Crippen LogP contribution is -2.46. The van der Waals surface area contributed by atoms with E-state index in [4.69, 9.17) is 14.2 Å². The molecule has 2 heterocycles. The van der Waals surface area contributed by atoms with Crippen molar-refractivity contribution in [2.24, 2.45) is 0 Å². The predicted octanol–water partition coefficient (Wildman–Crippen LogP) is 4.39. The van der Waals surface area contributed by atoms with E-state index < -0.39 is 21.2 Å². The summed E-state index contributed by atoms with van der Waals surface area (Å²) in [5.41, 5.74) is 0.810. The van der Waals surface area contributed by atoms with Crippen LogP contribution in [0.25, 0.3) is 0 Å². The number of para-hydroxylation sites is 1. The van der Waals surface area contributed by atoms with E-state index in [1.165, 1.54) is 26.4 Å². The smallest absolute Gasteiger partial charge is 0.188 e. The first-order chi connectivity index (χ1) is 15.5. The number of methoxy groups -OCH3 is 1. The van der Waals surface area contributed by atoms with Crippen LogP contribution in [0.4, 0.5) is 0 Å². The molecule has 2 aromatic carbocycles. The lowest BCUT2D eigenvalue weighted by atomic mass is 9.90. The third-order valence-corrected chi connectivity index (χ3v) is 9.37. The second kappa shape index (κ2) is 8.60. The largest absolute Gasteiger partial charge is 0.493 e. The molecule has 0 unspecified atom stereocenters. The van der Waals surface area contributed by atoms with E-state index in [-0.39, 0.29) is 16.7 Å². The molecule has 0 radical (unpaired) electrons. The Morgan fingerprint density at radius 1 is 1.00 bits per heavy atom. The van der Waals surface area contributed by atoms with E-state index in [1.807, 2.05) is 24.3 Å². The van der Waals surface area contributed by atoms with Crippen LogP contribution in [0.1, 0.15) is 50.7 Å². The minimum absolute atomic E-state index is 0.189. The Morgan fingerprint density at radius 2 is 1.72 bits per heavy atom. The van der Waals surface area contributed by atoms with Crippen molar-refractivity contribution in [3.05, 3.63) is 48.0 Å². The molecule has 0 amide bonds. The van der Waals surface area contributed by atoms with Crippen LogP contribution in [0.15, 0.2) is 47.4 Å². The third kappa shape index (κ3) is 3.86. The fourth-order valence-electron chi connectivity index (χ4n) is 4.96. The topological polar surface area (TPSA) is 65.1 Å². The van der Waals surface area contributed by atoms with Gasteiger partial charge in [-0.15, -0.1) is 0 Å². The van der Waals surface area contributed by atoms with Gasteiger partial charge in [0, 0.05) is 19.1 Å². The zero-order valence-electron chi connectivity index (χ0n) is 18.7. The summed E-state index contributed by atoms with van der Waals surface area (Å²) < 4.78 is 44.0. The van der Waals surface area contributed by atoms with Gasteiger partial charge in [0.05, 0.1) is 7.11 Å². The summed E-state index contributed by atoms with van der Waals surface area (Å²) in [6.45, 7) is 3.92. The first kappa shape index (κ1) is 21.6. The Kier molecular flexibility index (Phi) is 5.80. The highest BCUT2D eigenvalue weighted by molar-refractivity contribution is 7.92. The number of hydrogen-bond acceptors (Lipinski definition) is 6. The van der Waals surface area contributed by atoms with Crippen LogP contribution in [0.3, 0.4) is 0 Å². The van der Waals surface area contributed by atoms with Crippen LogP contribution >= 0.6 is 0 Å². The van der Waals surface area contributed by atoms with Gasteiger partial charge in [0.2, 0.25) is 0 Å². The van der Waals surface area contributed by atoms with Crippen molar-refractivity contribution in [1.29, 1.82) is 0 Å². The lowest BCUT2D eigenvalue weighted by molar-refractivity contribution is 0.0493. The molecular weight excluding hydrogens is 426 g/mol. The molecule has 7 heteroatoms. The minimum atomic E-state index is -3.53. The van der Waals surface area contributed by atoms with Gasteiger partial charge in [-0.2, -0.15) is 0 Å². The summed E-state index contributed by atoms with van der Waals surface area (Å²) in [4.78, 5) is 2.80. The molecule has 2 fully saturated rings. The van der Waals surface area contributed by atoms with Crippen molar-refractivity contribution in [3.8, 4) is 17.2 Å². The number of nitrogens with zero attached hydrogens (tertiary/aromatic N) is 1. The van der Waals surface area contributed by atoms with Gasteiger partial charge in [-0.25, -0.2) is 8.42 Å². The summed E-state index contributed by atoms with van der Waals surface area (Å²) in [5.74, 6) is 1.54. The summed E-state index contributed by atoms with van der Waals surface area (Å²) in [6.07, 6.45) is 5.80.